The summed E-state index contributed by atoms with van der Waals surface area (Å²) in [5.41, 5.74) is 5.93. The zero-order valence-electron chi connectivity index (χ0n) is 17.2. The Kier molecular flexibility index (Phi) is 9.92. The van der Waals surface area contributed by atoms with Crippen molar-refractivity contribution >= 4 is 23.7 Å². The molecular formula is C18H30N6O6. The Morgan fingerprint density at radius 1 is 1.07 bits per heavy atom. The lowest BCUT2D eigenvalue weighted by atomic mass is 10.0. The molecule has 0 aromatic carbocycles. The third kappa shape index (κ3) is 8.17. The third-order valence-corrected chi connectivity index (χ3v) is 4.22. The van der Waals surface area contributed by atoms with Gasteiger partial charge in [0.2, 0.25) is 17.7 Å². The normalized spacial score (nSPS) is 15.0. The van der Waals surface area contributed by atoms with Crippen molar-refractivity contribution in [2.24, 2.45) is 11.7 Å². The number of aliphatic carboxylic acids is 1. The summed E-state index contributed by atoms with van der Waals surface area (Å²) in [4.78, 5) is 55.0. The van der Waals surface area contributed by atoms with Crippen LogP contribution in [0.25, 0.3) is 0 Å². The number of hydrogen-bond donors (Lipinski definition) is 7. The number of aliphatic hydroxyl groups excluding tert-OH is 1. The number of hydrogen-bond acceptors (Lipinski definition) is 7. The van der Waals surface area contributed by atoms with Crippen LogP contribution in [0.2, 0.25) is 0 Å². The van der Waals surface area contributed by atoms with E-state index in [2.05, 4.69) is 25.9 Å². The average molecular weight is 426 g/mol. The molecule has 0 aliphatic heterocycles. The molecule has 1 aromatic heterocycles. The molecule has 0 saturated heterocycles. The predicted octanol–water partition coefficient (Wildman–Crippen LogP) is -2.12. The van der Waals surface area contributed by atoms with Gasteiger partial charge in [-0.05, 0) is 19.3 Å². The Bertz CT molecular complexity index is 723. The molecule has 1 aromatic rings. The number of aromatic nitrogens is 2. The summed E-state index contributed by atoms with van der Waals surface area (Å²) in [6.45, 7) is 4.51. The quantitative estimate of drug-likeness (QED) is 0.196. The number of H-pyrrole nitrogens is 1. The van der Waals surface area contributed by atoms with Crippen LogP contribution in [0.4, 0.5) is 0 Å². The van der Waals surface area contributed by atoms with Gasteiger partial charge < -0.3 is 36.9 Å². The van der Waals surface area contributed by atoms with Crippen LogP contribution < -0.4 is 21.7 Å². The largest absolute Gasteiger partial charge is 0.480 e. The molecule has 0 bridgehead atoms. The highest BCUT2D eigenvalue weighted by atomic mass is 16.4. The zero-order chi connectivity index (χ0) is 22.8. The van der Waals surface area contributed by atoms with E-state index in [1.165, 1.54) is 19.4 Å². The number of aromatic amines is 1. The van der Waals surface area contributed by atoms with Crippen molar-refractivity contribution in [3.8, 4) is 0 Å². The molecule has 0 fully saturated rings. The van der Waals surface area contributed by atoms with Crippen LogP contribution in [-0.2, 0) is 25.6 Å². The number of rotatable bonds is 12. The van der Waals surface area contributed by atoms with Gasteiger partial charge in [-0.15, -0.1) is 0 Å². The van der Waals surface area contributed by atoms with E-state index in [9.17, 15) is 24.3 Å². The first-order valence-electron chi connectivity index (χ1n) is 9.52. The van der Waals surface area contributed by atoms with Crippen LogP contribution in [0.5, 0.6) is 0 Å². The zero-order valence-corrected chi connectivity index (χ0v) is 17.2. The maximum absolute atomic E-state index is 12.7. The number of carboxylic acid groups (broad SMARTS) is 1. The minimum atomic E-state index is -1.23. The number of carboxylic acids is 1. The van der Waals surface area contributed by atoms with E-state index in [-0.39, 0.29) is 18.8 Å². The Morgan fingerprint density at radius 2 is 1.70 bits per heavy atom. The first kappa shape index (κ1) is 25.0. The van der Waals surface area contributed by atoms with Crippen molar-refractivity contribution in [2.75, 3.05) is 6.61 Å². The van der Waals surface area contributed by atoms with Crippen molar-refractivity contribution in [2.45, 2.75) is 57.8 Å². The van der Waals surface area contributed by atoms with E-state index in [4.69, 9.17) is 10.8 Å². The van der Waals surface area contributed by atoms with E-state index in [1.807, 2.05) is 13.8 Å². The lowest BCUT2D eigenvalue weighted by Gasteiger charge is -2.24. The van der Waals surface area contributed by atoms with Crippen molar-refractivity contribution in [1.82, 2.24) is 25.9 Å². The fourth-order valence-electron chi connectivity index (χ4n) is 2.56. The SMILES string of the molecule is CC(C)CC(NC(=O)C(C)NC(=O)C(N)CO)C(=O)NC(Cc1cnc[nH]1)C(=O)O. The Hall–Kier alpha value is -2.99. The van der Waals surface area contributed by atoms with Crippen molar-refractivity contribution in [3.63, 3.8) is 0 Å². The maximum Gasteiger partial charge on any atom is 0.326 e. The Balaban J connectivity index is 2.80. The fourth-order valence-corrected chi connectivity index (χ4v) is 2.56. The number of nitrogens with one attached hydrogen (secondary N) is 4. The molecule has 0 radical (unpaired) electrons. The first-order chi connectivity index (χ1) is 14.0. The number of aliphatic hydroxyl groups is 1. The number of carbonyl (C=O) groups is 4. The molecule has 30 heavy (non-hydrogen) atoms. The van der Waals surface area contributed by atoms with Gasteiger partial charge in [-0.25, -0.2) is 9.78 Å². The van der Waals surface area contributed by atoms with Crippen molar-refractivity contribution in [1.29, 1.82) is 0 Å². The molecule has 0 aliphatic carbocycles. The lowest BCUT2D eigenvalue weighted by molar-refractivity contribution is -0.142. The van der Waals surface area contributed by atoms with E-state index in [1.54, 1.807) is 0 Å². The molecule has 3 amide bonds. The van der Waals surface area contributed by atoms with Gasteiger partial charge in [0.25, 0.3) is 0 Å². The van der Waals surface area contributed by atoms with Crippen LogP contribution in [0.3, 0.4) is 0 Å². The van der Waals surface area contributed by atoms with Crippen LogP contribution in [0, 0.1) is 5.92 Å². The third-order valence-electron chi connectivity index (χ3n) is 4.22. The van der Waals surface area contributed by atoms with Crippen molar-refractivity contribution in [3.05, 3.63) is 18.2 Å². The molecule has 1 rings (SSSR count). The van der Waals surface area contributed by atoms with Crippen LogP contribution in [0.15, 0.2) is 12.5 Å². The fraction of sp³-hybridized carbons (Fsp3) is 0.611. The highest BCUT2D eigenvalue weighted by molar-refractivity contribution is 5.93. The smallest absolute Gasteiger partial charge is 0.326 e. The number of carbonyl (C=O) groups excluding carboxylic acids is 3. The van der Waals surface area contributed by atoms with E-state index in [0.717, 1.165) is 0 Å². The van der Waals surface area contributed by atoms with E-state index in [0.29, 0.717) is 5.69 Å². The molecule has 0 saturated carbocycles. The summed E-state index contributed by atoms with van der Waals surface area (Å²) in [5.74, 6) is -3.23. The molecular weight excluding hydrogens is 396 g/mol. The predicted molar refractivity (Wildman–Crippen MR) is 106 cm³/mol. The first-order valence-corrected chi connectivity index (χ1v) is 9.52. The number of nitrogens with zero attached hydrogens (tertiary/aromatic N) is 1. The Labute approximate surface area is 174 Å². The summed E-state index contributed by atoms with van der Waals surface area (Å²) in [6.07, 6.45) is 3.10. The molecule has 12 nitrogen and oxygen atoms in total. The van der Waals surface area contributed by atoms with Crippen LogP contribution >= 0.6 is 0 Å². The standard InChI is InChI=1S/C18H30N6O6/c1-9(2)4-13(23-15(26)10(3)22-16(27)12(19)7-25)17(28)24-14(18(29)30)5-11-6-20-8-21-11/h6,8-10,12-14,25H,4-5,7,19H2,1-3H3,(H,20,21)(H,22,27)(H,23,26)(H,24,28)(H,29,30). The second-order valence-corrected chi connectivity index (χ2v) is 7.39. The van der Waals surface area contributed by atoms with Crippen molar-refractivity contribution < 1.29 is 29.4 Å². The molecule has 0 aliphatic rings. The van der Waals surface area contributed by atoms with Gasteiger partial charge in [-0.1, -0.05) is 13.8 Å². The van der Waals surface area contributed by atoms with Gasteiger partial charge in [0.15, 0.2) is 0 Å². The molecule has 4 unspecified atom stereocenters. The summed E-state index contributed by atoms with van der Waals surface area (Å²) in [5, 5.41) is 25.6. The minimum Gasteiger partial charge on any atom is -0.480 e. The maximum atomic E-state index is 12.7. The van der Waals surface area contributed by atoms with Gasteiger partial charge in [-0.2, -0.15) is 0 Å². The van der Waals surface area contributed by atoms with Gasteiger partial charge in [0.05, 0.1) is 12.9 Å². The highest BCUT2D eigenvalue weighted by Crippen LogP contribution is 2.07. The molecule has 8 N–H and O–H groups in total. The van der Waals surface area contributed by atoms with Gasteiger partial charge in [-0.3, -0.25) is 14.4 Å². The Morgan fingerprint density at radius 3 is 2.20 bits per heavy atom. The average Bonchev–Trinajstić information content (AvgIpc) is 3.18. The molecule has 168 valence electrons. The number of nitrogens with two attached hydrogens (primary N) is 1. The number of imidazole rings is 1. The van der Waals surface area contributed by atoms with Crippen LogP contribution in [-0.4, -0.2) is 74.6 Å². The summed E-state index contributed by atoms with van der Waals surface area (Å²) in [7, 11) is 0. The van der Waals surface area contributed by atoms with Gasteiger partial charge in [0, 0.05) is 18.3 Å². The number of amides is 3. The molecule has 12 heteroatoms. The molecule has 0 spiro atoms. The second-order valence-electron chi connectivity index (χ2n) is 7.39. The van der Waals surface area contributed by atoms with Crippen LogP contribution in [0.1, 0.15) is 32.9 Å². The monoisotopic (exact) mass is 426 g/mol. The summed E-state index contributed by atoms with van der Waals surface area (Å²) in [6, 6.07) is -4.41. The van der Waals surface area contributed by atoms with Gasteiger partial charge in [0.1, 0.15) is 24.2 Å². The topological polar surface area (TPSA) is 200 Å². The minimum absolute atomic E-state index is 0.00503. The summed E-state index contributed by atoms with van der Waals surface area (Å²) < 4.78 is 0. The molecule has 4 atom stereocenters. The second kappa shape index (κ2) is 11.9. The van der Waals surface area contributed by atoms with E-state index >= 15 is 0 Å². The molecule has 1 heterocycles. The van der Waals surface area contributed by atoms with E-state index < -0.39 is 54.5 Å². The summed E-state index contributed by atoms with van der Waals surface area (Å²) >= 11 is 0. The lowest BCUT2D eigenvalue weighted by Crippen LogP contribution is -2.57. The highest BCUT2D eigenvalue weighted by Gasteiger charge is 2.29. The van der Waals surface area contributed by atoms with Gasteiger partial charge >= 0.3 is 5.97 Å².